The van der Waals surface area contributed by atoms with Crippen LogP contribution in [-0.2, 0) is 55.9 Å². The maximum absolute atomic E-state index is 12.3. The van der Waals surface area contributed by atoms with Crippen molar-refractivity contribution in [2.75, 3.05) is 13.2 Å². The van der Waals surface area contributed by atoms with E-state index in [1.54, 1.807) is 13.8 Å². The van der Waals surface area contributed by atoms with Crippen molar-refractivity contribution in [3.05, 3.63) is 71.8 Å². The summed E-state index contributed by atoms with van der Waals surface area (Å²) in [4.78, 5) is 12.3. The molecule has 0 radical (unpaired) electrons. The lowest BCUT2D eigenvalue weighted by Crippen LogP contribution is -2.59. The van der Waals surface area contributed by atoms with E-state index in [1.807, 2.05) is 60.7 Å². The molecule has 3 aliphatic heterocycles. The molecule has 5 unspecified atom stereocenters. The highest BCUT2D eigenvalue weighted by Crippen LogP contribution is 2.41. The number of aliphatic hydroxyl groups is 2. The van der Waals surface area contributed by atoms with Crippen LogP contribution < -0.4 is 0 Å². The van der Waals surface area contributed by atoms with E-state index in [0.717, 1.165) is 11.1 Å². The van der Waals surface area contributed by atoms with E-state index in [9.17, 15) is 15.0 Å². The van der Waals surface area contributed by atoms with Gasteiger partial charge in [0.1, 0.15) is 36.6 Å². The highest BCUT2D eigenvalue weighted by atomic mass is 16.9. The van der Waals surface area contributed by atoms with Crippen LogP contribution >= 0.6 is 0 Å². The van der Waals surface area contributed by atoms with Crippen LogP contribution in [0.5, 0.6) is 0 Å². The highest BCUT2D eigenvalue weighted by Gasteiger charge is 2.59. The second kappa shape index (κ2) is 13.2. The summed E-state index contributed by atoms with van der Waals surface area (Å²) >= 11 is 0. The molecule has 3 saturated heterocycles. The average Bonchev–Trinajstić information content (AvgIpc) is 3.44. The Hall–Kier alpha value is -2.45. The lowest BCUT2D eigenvalue weighted by Gasteiger charge is -2.42. The van der Waals surface area contributed by atoms with E-state index in [4.69, 9.17) is 37.9 Å². The molecule has 41 heavy (non-hydrogen) atoms. The van der Waals surface area contributed by atoms with Gasteiger partial charge in [-0.3, -0.25) is 4.79 Å². The zero-order chi connectivity index (χ0) is 29.0. The Morgan fingerprint density at radius 1 is 0.951 bits per heavy atom. The first-order valence-electron chi connectivity index (χ1n) is 13.8. The predicted molar refractivity (Wildman–Crippen MR) is 142 cm³/mol. The quantitative estimate of drug-likeness (QED) is 0.383. The number of hydrogen-bond donors (Lipinski definition) is 2. The summed E-state index contributed by atoms with van der Waals surface area (Å²) in [5.74, 6) is -1.45. The fourth-order valence-corrected chi connectivity index (χ4v) is 5.29. The molecule has 0 aliphatic carbocycles. The molecule has 0 saturated carbocycles. The molecule has 3 aliphatic rings. The number of carbonyl (C=O) groups is 1. The molecule has 0 aromatic heterocycles. The molecule has 0 spiro atoms. The number of carbonyl (C=O) groups excluding carboxylic acids is 1. The minimum Gasteiger partial charge on any atom is -0.457 e. The molecule has 0 amide bonds. The first kappa shape index (κ1) is 30.0. The molecule has 0 bridgehead atoms. The van der Waals surface area contributed by atoms with Gasteiger partial charge in [0, 0.05) is 6.92 Å². The molecule has 224 valence electrons. The van der Waals surface area contributed by atoms with E-state index in [-0.39, 0.29) is 19.8 Å². The maximum atomic E-state index is 12.3. The Labute approximate surface area is 239 Å². The Balaban J connectivity index is 1.39. The number of benzene rings is 2. The van der Waals surface area contributed by atoms with Gasteiger partial charge in [-0.1, -0.05) is 60.7 Å². The summed E-state index contributed by atoms with van der Waals surface area (Å²) in [5.41, 5.74) is 1.84. The summed E-state index contributed by atoms with van der Waals surface area (Å²) in [7, 11) is 0. The van der Waals surface area contributed by atoms with Gasteiger partial charge < -0.3 is 48.1 Å². The van der Waals surface area contributed by atoms with Crippen LogP contribution in [0, 0.1) is 0 Å². The Morgan fingerprint density at radius 3 is 2.20 bits per heavy atom. The van der Waals surface area contributed by atoms with Gasteiger partial charge in [-0.2, -0.15) is 0 Å². The number of fused-ring (bicyclic) bond motifs is 1. The largest absolute Gasteiger partial charge is 0.457 e. The minimum atomic E-state index is -1.26. The van der Waals surface area contributed by atoms with Crippen LogP contribution in [-0.4, -0.2) is 90.5 Å². The van der Waals surface area contributed by atoms with Crippen molar-refractivity contribution in [3.8, 4) is 0 Å². The second-order valence-corrected chi connectivity index (χ2v) is 10.8. The molecular weight excluding hydrogens is 536 g/mol. The first-order valence-corrected chi connectivity index (χ1v) is 13.8. The third kappa shape index (κ3) is 7.31. The van der Waals surface area contributed by atoms with Crippen molar-refractivity contribution in [1.29, 1.82) is 0 Å². The van der Waals surface area contributed by atoms with Gasteiger partial charge in [0.15, 0.2) is 24.5 Å². The standard InChI is InChI=1S/C30H38O11/c1-18(32)37-24-22(34-15-19-10-6-4-7-11-19)17-36-28(26(24)35-16-20-12-8-5-9-13-20)39-25-23(21(33)14-31)38-29-27(25)40-30(2,3)41-29/h4-13,21-29,31,33H,14-17H2,1-3H3/t21?,22-,23-,24?,25?,26?,27?,28-,29-/m1/s1. The van der Waals surface area contributed by atoms with Gasteiger partial charge in [0.05, 0.1) is 26.4 Å². The Bertz CT molecular complexity index is 1110. The van der Waals surface area contributed by atoms with Gasteiger partial charge in [0.25, 0.3) is 0 Å². The molecule has 2 aromatic carbocycles. The van der Waals surface area contributed by atoms with Crippen molar-refractivity contribution < 1.29 is 52.9 Å². The molecule has 2 aromatic rings. The van der Waals surface area contributed by atoms with Crippen LogP contribution in [0.3, 0.4) is 0 Å². The minimum absolute atomic E-state index is 0.0401. The van der Waals surface area contributed by atoms with Crippen LogP contribution in [0.2, 0.25) is 0 Å². The van der Waals surface area contributed by atoms with Crippen molar-refractivity contribution in [3.63, 3.8) is 0 Å². The smallest absolute Gasteiger partial charge is 0.303 e. The molecule has 11 heteroatoms. The number of rotatable bonds is 11. The molecular formula is C30H38O11. The van der Waals surface area contributed by atoms with E-state index in [0.29, 0.717) is 0 Å². The molecule has 2 N–H and O–H groups in total. The van der Waals surface area contributed by atoms with Crippen LogP contribution in [0.25, 0.3) is 0 Å². The van der Waals surface area contributed by atoms with E-state index in [1.165, 1.54) is 6.92 Å². The second-order valence-electron chi connectivity index (χ2n) is 10.8. The first-order chi connectivity index (χ1) is 19.7. The predicted octanol–water partition coefficient (Wildman–Crippen LogP) is 2.06. The number of hydrogen-bond acceptors (Lipinski definition) is 11. The highest BCUT2D eigenvalue weighted by molar-refractivity contribution is 5.66. The normalized spacial score (nSPS) is 33.3. The number of esters is 1. The van der Waals surface area contributed by atoms with Crippen LogP contribution in [0.4, 0.5) is 0 Å². The molecule has 5 rings (SSSR count). The third-order valence-electron chi connectivity index (χ3n) is 7.16. The zero-order valence-corrected chi connectivity index (χ0v) is 23.4. The fourth-order valence-electron chi connectivity index (χ4n) is 5.29. The van der Waals surface area contributed by atoms with Crippen molar-refractivity contribution in [2.45, 2.75) is 95.1 Å². The van der Waals surface area contributed by atoms with E-state index >= 15 is 0 Å². The zero-order valence-electron chi connectivity index (χ0n) is 23.4. The lowest BCUT2D eigenvalue weighted by atomic mass is 10.0. The topological polar surface area (TPSA) is 131 Å². The summed E-state index contributed by atoms with van der Waals surface area (Å²) in [6.45, 7) is 4.75. The van der Waals surface area contributed by atoms with Crippen LogP contribution in [0.15, 0.2) is 60.7 Å². The molecule has 11 nitrogen and oxygen atoms in total. The summed E-state index contributed by atoms with van der Waals surface area (Å²) in [6.07, 6.45) is -8.18. The van der Waals surface area contributed by atoms with Gasteiger partial charge >= 0.3 is 5.97 Å². The lowest BCUT2D eigenvalue weighted by molar-refractivity contribution is -0.317. The van der Waals surface area contributed by atoms with E-state index < -0.39 is 73.7 Å². The summed E-state index contributed by atoms with van der Waals surface area (Å²) < 4.78 is 48.6. The van der Waals surface area contributed by atoms with Crippen molar-refractivity contribution >= 4 is 5.97 Å². The van der Waals surface area contributed by atoms with Crippen molar-refractivity contribution in [2.24, 2.45) is 0 Å². The monoisotopic (exact) mass is 574 g/mol. The van der Waals surface area contributed by atoms with Crippen LogP contribution in [0.1, 0.15) is 31.9 Å². The van der Waals surface area contributed by atoms with Gasteiger partial charge in [-0.15, -0.1) is 0 Å². The molecule has 9 atom stereocenters. The number of aliphatic hydroxyl groups excluding tert-OH is 2. The summed E-state index contributed by atoms with van der Waals surface area (Å²) in [6, 6.07) is 19.2. The van der Waals surface area contributed by atoms with Crippen molar-refractivity contribution in [1.82, 2.24) is 0 Å². The van der Waals surface area contributed by atoms with Gasteiger partial charge in [-0.05, 0) is 25.0 Å². The van der Waals surface area contributed by atoms with Gasteiger partial charge in [0.2, 0.25) is 0 Å². The van der Waals surface area contributed by atoms with E-state index in [2.05, 4.69) is 0 Å². The van der Waals surface area contributed by atoms with Gasteiger partial charge in [-0.25, -0.2) is 0 Å². The molecule has 3 heterocycles. The third-order valence-corrected chi connectivity index (χ3v) is 7.16. The average molecular weight is 575 g/mol. The maximum Gasteiger partial charge on any atom is 0.303 e. The Kier molecular flexibility index (Phi) is 9.70. The fraction of sp³-hybridized carbons (Fsp3) is 0.567. The summed E-state index contributed by atoms with van der Waals surface area (Å²) in [5, 5.41) is 20.2. The number of ether oxygens (including phenoxy) is 8. The molecule has 3 fully saturated rings. The SMILES string of the molecule is CC(=O)OC1C(OCc2ccccc2)[C@@H](OC2C3OC(C)(C)O[C@H]3O[C@@H]2C(O)CO)OC[C@H]1OCc1ccccc1. The Morgan fingerprint density at radius 2 is 1.59 bits per heavy atom.